The number of carboxylic acid groups (broad SMARTS) is 1. The van der Waals surface area contributed by atoms with Crippen LogP contribution in [-0.2, 0) is 21.5 Å². The number of rotatable bonds is 7. The van der Waals surface area contributed by atoms with Crippen LogP contribution in [0.5, 0.6) is 0 Å². The van der Waals surface area contributed by atoms with E-state index >= 15 is 0 Å². The van der Waals surface area contributed by atoms with Gasteiger partial charge in [-0.3, -0.25) is 4.79 Å². The second kappa shape index (κ2) is 9.41. The zero-order valence-electron chi connectivity index (χ0n) is 20.6. The molecule has 0 unspecified atom stereocenters. The summed E-state index contributed by atoms with van der Waals surface area (Å²) in [5, 5.41) is 16.2. The Hall–Kier alpha value is -3.68. The number of fused-ring (bicyclic) bond motifs is 3. The summed E-state index contributed by atoms with van der Waals surface area (Å²) < 4.78 is 11.1. The van der Waals surface area contributed by atoms with E-state index in [-0.39, 0.29) is 36.7 Å². The molecule has 1 saturated carbocycles. The van der Waals surface area contributed by atoms with Gasteiger partial charge in [0.05, 0.1) is 6.42 Å². The number of aliphatic carboxylic acids is 1. The standard InChI is InChI=1S/C28H31N3O5/c1-27(2)13-15-28(16-14-27,25-29-23(36-31-25)11-12-24(32)33)30-26(34)35-17-22-20-9-5-3-7-18(20)19-8-4-6-10-21(19)22/h3-10,22H,11-17H2,1-2H3,(H,30,34)(H,32,33). The van der Waals surface area contributed by atoms with Gasteiger partial charge in [-0.1, -0.05) is 67.5 Å². The van der Waals surface area contributed by atoms with Crippen molar-refractivity contribution in [1.29, 1.82) is 0 Å². The van der Waals surface area contributed by atoms with E-state index in [2.05, 4.69) is 53.6 Å². The van der Waals surface area contributed by atoms with Gasteiger partial charge in [-0.05, 0) is 53.4 Å². The topological polar surface area (TPSA) is 115 Å². The largest absolute Gasteiger partial charge is 0.481 e. The van der Waals surface area contributed by atoms with E-state index in [0.29, 0.717) is 18.7 Å². The summed E-state index contributed by atoms with van der Waals surface area (Å²) in [6.45, 7) is 4.63. The monoisotopic (exact) mass is 489 g/mol. The fourth-order valence-electron chi connectivity index (χ4n) is 5.35. The highest BCUT2D eigenvalue weighted by Gasteiger charge is 2.45. The molecule has 2 aliphatic rings. The number of aromatic nitrogens is 2. The van der Waals surface area contributed by atoms with Crippen LogP contribution in [-0.4, -0.2) is 33.9 Å². The maximum Gasteiger partial charge on any atom is 0.407 e. The van der Waals surface area contributed by atoms with E-state index in [1.165, 1.54) is 11.1 Å². The normalized spacial score (nSPS) is 17.7. The highest BCUT2D eigenvalue weighted by atomic mass is 16.5. The van der Waals surface area contributed by atoms with E-state index in [0.717, 1.165) is 24.0 Å². The Kier molecular flexibility index (Phi) is 6.28. The number of hydrogen-bond acceptors (Lipinski definition) is 6. The summed E-state index contributed by atoms with van der Waals surface area (Å²) in [7, 11) is 0. The summed E-state index contributed by atoms with van der Waals surface area (Å²) in [6.07, 6.45) is 2.56. The van der Waals surface area contributed by atoms with Crippen molar-refractivity contribution in [3.63, 3.8) is 0 Å². The Labute approximate surface area is 210 Å². The fourth-order valence-corrected chi connectivity index (χ4v) is 5.35. The first kappa shape index (κ1) is 24.0. The molecule has 1 heterocycles. The van der Waals surface area contributed by atoms with Crippen molar-refractivity contribution in [1.82, 2.24) is 15.5 Å². The minimum absolute atomic E-state index is 0.0304. The summed E-state index contributed by atoms with van der Waals surface area (Å²) in [5.74, 6) is -0.323. The van der Waals surface area contributed by atoms with E-state index in [4.69, 9.17) is 14.4 Å². The molecule has 1 fully saturated rings. The lowest BCUT2D eigenvalue weighted by Gasteiger charge is -2.41. The molecule has 5 rings (SSSR count). The summed E-state index contributed by atoms with van der Waals surface area (Å²) in [4.78, 5) is 28.6. The Morgan fingerprint density at radius 2 is 1.64 bits per heavy atom. The van der Waals surface area contributed by atoms with Gasteiger partial charge in [-0.2, -0.15) is 4.98 Å². The van der Waals surface area contributed by atoms with Gasteiger partial charge in [-0.15, -0.1) is 0 Å². The Balaban J connectivity index is 1.32. The number of hydrogen-bond donors (Lipinski definition) is 2. The third kappa shape index (κ3) is 4.72. The van der Waals surface area contributed by atoms with E-state index in [1.54, 1.807) is 0 Å². The molecule has 2 N–H and O–H groups in total. The Bertz CT molecular complexity index is 1230. The first-order valence-electron chi connectivity index (χ1n) is 12.4. The number of nitrogens with one attached hydrogen (secondary N) is 1. The second-order valence-corrected chi connectivity index (χ2v) is 10.6. The predicted molar refractivity (Wildman–Crippen MR) is 132 cm³/mol. The molecule has 2 aliphatic carbocycles. The number of carbonyl (C=O) groups is 2. The number of benzene rings is 2. The molecule has 0 bridgehead atoms. The number of aryl methyl sites for hydroxylation is 1. The average molecular weight is 490 g/mol. The minimum atomic E-state index is -0.930. The minimum Gasteiger partial charge on any atom is -0.481 e. The smallest absolute Gasteiger partial charge is 0.407 e. The molecule has 3 aromatic rings. The Morgan fingerprint density at radius 3 is 2.25 bits per heavy atom. The van der Waals surface area contributed by atoms with Gasteiger partial charge in [0.1, 0.15) is 12.1 Å². The maximum atomic E-state index is 13.2. The van der Waals surface area contributed by atoms with Crippen LogP contribution in [0.2, 0.25) is 0 Å². The van der Waals surface area contributed by atoms with Crippen molar-refractivity contribution >= 4 is 12.1 Å². The predicted octanol–water partition coefficient (Wildman–Crippen LogP) is 5.42. The van der Waals surface area contributed by atoms with Gasteiger partial charge in [0.25, 0.3) is 0 Å². The molecule has 2 aromatic carbocycles. The zero-order chi connectivity index (χ0) is 25.3. The quantitative estimate of drug-likeness (QED) is 0.455. The fraction of sp³-hybridized carbons (Fsp3) is 0.429. The summed E-state index contributed by atoms with van der Waals surface area (Å²) in [6, 6.07) is 16.4. The first-order chi connectivity index (χ1) is 17.3. The Morgan fingerprint density at radius 1 is 1.03 bits per heavy atom. The summed E-state index contributed by atoms with van der Waals surface area (Å²) in [5.41, 5.74) is 3.98. The van der Waals surface area contributed by atoms with Crippen molar-refractivity contribution in [3.05, 3.63) is 71.4 Å². The van der Waals surface area contributed by atoms with Crippen LogP contribution in [0.25, 0.3) is 11.1 Å². The number of amides is 1. The van der Waals surface area contributed by atoms with Crippen LogP contribution >= 0.6 is 0 Å². The van der Waals surface area contributed by atoms with Crippen molar-refractivity contribution < 1.29 is 24.0 Å². The number of carboxylic acids is 1. The third-order valence-electron chi connectivity index (χ3n) is 7.59. The molecule has 8 heteroatoms. The zero-order valence-corrected chi connectivity index (χ0v) is 20.6. The maximum absolute atomic E-state index is 13.2. The average Bonchev–Trinajstić information content (AvgIpc) is 3.46. The van der Waals surface area contributed by atoms with E-state index < -0.39 is 17.6 Å². The van der Waals surface area contributed by atoms with Crippen molar-refractivity contribution in [2.24, 2.45) is 5.41 Å². The van der Waals surface area contributed by atoms with Crippen LogP contribution in [0.15, 0.2) is 53.1 Å². The molecule has 36 heavy (non-hydrogen) atoms. The lowest BCUT2D eigenvalue weighted by atomic mass is 9.69. The molecule has 0 spiro atoms. The molecular formula is C28H31N3O5. The lowest BCUT2D eigenvalue weighted by Crippen LogP contribution is -2.50. The number of nitrogens with zero attached hydrogens (tertiary/aromatic N) is 2. The SMILES string of the molecule is CC1(C)CCC(NC(=O)OCC2c3ccccc3-c3ccccc32)(c2noc(CCC(=O)O)n2)CC1. The summed E-state index contributed by atoms with van der Waals surface area (Å²) >= 11 is 0. The number of ether oxygens (including phenoxy) is 1. The third-order valence-corrected chi connectivity index (χ3v) is 7.59. The van der Waals surface area contributed by atoms with Crippen LogP contribution in [0.1, 0.15) is 74.7 Å². The number of alkyl carbamates (subject to hydrolysis) is 1. The molecular weight excluding hydrogens is 458 g/mol. The van der Waals surface area contributed by atoms with Crippen molar-refractivity contribution in [2.75, 3.05) is 6.61 Å². The van der Waals surface area contributed by atoms with Crippen LogP contribution < -0.4 is 5.32 Å². The molecule has 1 amide bonds. The van der Waals surface area contributed by atoms with Crippen molar-refractivity contribution in [3.8, 4) is 11.1 Å². The molecule has 0 aliphatic heterocycles. The van der Waals surface area contributed by atoms with Gasteiger partial charge >= 0.3 is 12.1 Å². The van der Waals surface area contributed by atoms with Crippen LogP contribution in [0.4, 0.5) is 4.79 Å². The molecule has 0 radical (unpaired) electrons. The first-order valence-corrected chi connectivity index (χ1v) is 12.4. The highest BCUT2D eigenvalue weighted by Crippen LogP contribution is 2.46. The van der Waals surface area contributed by atoms with Gasteiger partial charge in [0.2, 0.25) is 5.89 Å². The van der Waals surface area contributed by atoms with E-state index in [9.17, 15) is 9.59 Å². The number of carbonyl (C=O) groups excluding carboxylic acids is 1. The van der Waals surface area contributed by atoms with E-state index in [1.807, 2.05) is 24.3 Å². The lowest BCUT2D eigenvalue weighted by molar-refractivity contribution is -0.137. The van der Waals surface area contributed by atoms with Gasteiger partial charge in [-0.25, -0.2) is 4.79 Å². The molecule has 0 saturated heterocycles. The molecule has 8 nitrogen and oxygen atoms in total. The highest BCUT2D eigenvalue weighted by molar-refractivity contribution is 5.79. The van der Waals surface area contributed by atoms with Gasteiger partial charge in [0.15, 0.2) is 5.82 Å². The van der Waals surface area contributed by atoms with Crippen LogP contribution in [0, 0.1) is 5.41 Å². The van der Waals surface area contributed by atoms with Crippen molar-refractivity contribution in [2.45, 2.75) is 63.8 Å². The molecule has 188 valence electrons. The van der Waals surface area contributed by atoms with Gasteiger partial charge in [0, 0.05) is 12.3 Å². The van der Waals surface area contributed by atoms with Crippen LogP contribution in [0.3, 0.4) is 0 Å². The molecule has 0 atom stereocenters. The van der Waals surface area contributed by atoms with Gasteiger partial charge < -0.3 is 19.7 Å². The second-order valence-electron chi connectivity index (χ2n) is 10.6. The molecule has 1 aromatic heterocycles.